The standard InChI is InChI=1S/C21H21N3O5S/c1-4-24-18-9-8-16(30(26,27)23(2)3)12-17(18)22-20(24)13-28-15-7-5-14-6-10-21(25)29-19(14)11-15/h5-12H,4,13H2,1-3H3. The van der Waals surface area contributed by atoms with Crippen LogP contribution in [-0.2, 0) is 23.2 Å². The highest BCUT2D eigenvalue weighted by Gasteiger charge is 2.19. The molecule has 0 fully saturated rings. The topological polar surface area (TPSA) is 94.6 Å². The maximum absolute atomic E-state index is 12.4. The monoisotopic (exact) mass is 427 g/mol. The normalized spacial score (nSPS) is 12.1. The molecule has 0 unspecified atom stereocenters. The molecule has 0 aliphatic rings. The van der Waals surface area contributed by atoms with Gasteiger partial charge < -0.3 is 13.7 Å². The molecule has 156 valence electrons. The Morgan fingerprint density at radius 3 is 2.60 bits per heavy atom. The maximum atomic E-state index is 12.4. The van der Waals surface area contributed by atoms with Gasteiger partial charge in [-0.25, -0.2) is 22.5 Å². The van der Waals surface area contributed by atoms with E-state index in [1.54, 1.807) is 36.4 Å². The molecule has 8 nitrogen and oxygen atoms in total. The Hall–Kier alpha value is -3.17. The van der Waals surface area contributed by atoms with Crippen LogP contribution < -0.4 is 10.4 Å². The lowest BCUT2D eigenvalue weighted by molar-refractivity contribution is 0.290. The van der Waals surface area contributed by atoms with Crippen molar-refractivity contribution in [1.29, 1.82) is 0 Å². The van der Waals surface area contributed by atoms with Gasteiger partial charge in [0.25, 0.3) is 0 Å². The Kier molecular flexibility index (Phi) is 5.08. The molecule has 2 aromatic heterocycles. The van der Waals surface area contributed by atoms with Gasteiger partial charge in [-0.3, -0.25) is 0 Å². The minimum absolute atomic E-state index is 0.181. The van der Waals surface area contributed by atoms with Gasteiger partial charge in [-0.15, -0.1) is 0 Å². The number of nitrogens with zero attached hydrogens (tertiary/aromatic N) is 3. The van der Waals surface area contributed by atoms with E-state index in [1.807, 2.05) is 17.6 Å². The fourth-order valence-electron chi connectivity index (χ4n) is 3.27. The summed E-state index contributed by atoms with van der Waals surface area (Å²) in [5.74, 6) is 1.21. The molecule has 0 saturated heterocycles. The summed E-state index contributed by atoms with van der Waals surface area (Å²) in [4.78, 5) is 16.2. The Labute approximate surface area is 173 Å². The van der Waals surface area contributed by atoms with Crippen LogP contribution in [0.4, 0.5) is 0 Å². The molecule has 0 atom stereocenters. The second kappa shape index (κ2) is 7.58. The van der Waals surface area contributed by atoms with E-state index in [9.17, 15) is 13.2 Å². The van der Waals surface area contributed by atoms with Gasteiger partial charge in [-0.1, -0.05) is 0 Å². The molecule has 4 aromatic rings. The van der Waals surface area contributed by atoms with Crippen LogP contribution in [0.5, 0.6) is 5.75 Å². The highest BCUT2D eigenvalue weighted by atomic mass is 32.2. The molecule has 0 bridgehead atoms. The van der Waals surface area contributed by atoms with Gasteiger partial charge in [-0.2, -0.15) is 0 Å². The Balaban J connectivity index is 1.66. The lowest BCUT2D eigenvalue weighted by Crippen LogP contribution is -2.22. The third kappa shape index (κ3) is 3.57. The molecular formula is C21H21N3O5S. The zero-order valence-corrected chi connectivity index (χ0v) is 17.6. The van der Waals surface area contributed by atoms with E-state index in [1.165, 1.54) is 24.5 Å². The van der Waals surface area contributed by atoms with Crippen LogP contribution in [0.1, 0.15) is 12.7 Å². The first-order chi connectivity index (χ1) is 14.3. The second-order valence-corrected chi connectivity index (χ2v) is 9.10. The minimum atomic E-state index is -3.54. The summed E-state index contributed by atoms with van der Waals surface area (Å²) in [7, 11) is -0.551. The van der Waals surface area contributed by atoms with Crippen LogP contribution in [0, 0.1) is 0 Å². The van der Waals surface area contributed by atoms with E-state index in [0.717, 1.165) is 10.9 Å². The zero-order valence-electron chi connectivity index (χ0n) is 16.8. The van der Waals surface area contributed by atoms with E-state index in [4.69, 9.17) is 9.15 Å². The van der Waals surface area contributed by atoms with Crippen molar-refractivity contribution in [2.24, 2.45) is 0 Å². The first-order valence-corrected chi connectivity index (χ1v) is 10.8. The number of fused-ring (bicyclic) bond motifs is 2. The molecule has 0 radical (unpaired) electrons. The second-order valence-electron chi connectivity index (χ2n) is 6.95. The summed E-state index contributed by atoms with van der Waals surface area (Å²) in [5.41, 5.74) is 1.44. The summed E-state index contributed by atoms with van der Waals surface area (Å²) >= 11 is 0. The predicted molar refractivity (Wildman–Crippen MR) is 113 cm³/mol. The molecule has 0 spiro atoms. The first kappa shape index (κ1) is 20.1. The number of aryl methyl sites for hydroxylation is 1. The van der Waals surface area contributed by atoms with Crippen LogP contribution in [0.3, 0.4) is 0 Å². The van der Waals surface area contributed by atoms with E-state index < -0.39 is 15.6 Å². The largest absolute Gasteiger partial charge is 0.486 e. The lowest BCUT2D eigenvalue weighted by Gasteiger charge is -2.11. The smallest absolute Gasteiger partial charge is 0.336 e. The Morgan fingerprint density at radius 1 is 1.10 bits per heavy atom. The molecule has 9 heteroatoms. The van der Waals surface area contributed by atoms with Crippen molar-refractivity contribution in [3.05, 3.63) is 64.8 Å². The van der Waals surface area contributed by atoms with Gasteiger partial charge in [0.2, 0.25) is 10.0 Å². The number of hydrogen-bond donors (Lipinski definition) is 0. The number of rotatable bonds is 6. The summed E-state index contributed by atoms with van der Waals surface area (Å²) < 4.78 is 39.0. The zero-order chi connectivity index (χ0) is 21.5. The Morgan fingerprint density at radius 2 is 1.87 bits per heavy atom. The highest BCUT2D eigenvalue weighted by molar-refractivity contribution is 7.89. The van der Waals surface area contributed by atoms with Crippen LogP contribution in [0.15, 0.2) is 62.6 Å². The van der Waals surface area contributed by atoms with Gasteiger partial charge >= 0.3 is 5.63 Å². The van der Waals surface area contributed by atoms with Crippen molar-refractivity contribution in [3.8, 4) is 5.75 Å². The fraction of sp³-hybridized carbons (Fsp3) is 0.238. The van der Waals surface area contributed by atoms with Crippen LogP contribution >= 0.6 is 0 Å². The minimum Gasteiger partial charge on any atom is -0.486 e. The first-order valence-electron chi connectivity index (χ1n) is 9.38. The lowest BCUT2D eigenvalue weighted by atomic mass is 10.2. The van der Waals surface area contributed by atoms with Gasteiger partial charge in [0.1, 0.15) is 23.8 Å². The number of benzene rings is 2. The molecule has 4 rings (SSSR count). The fourth-order valence-corrected chi connectivity index (χ4v) is 4.19. The van der Waals surface area contributed by atoms with Gasteiger partial charge in [0.05, 0.1) is 15.9 Å². The summed E-state index contributed by atoms with van der Waals surface area (Å²) in [6, 6.07) is 13.3. The van der Waals surface area contributed by atoms with Crippen molar-refractivity contribution < 1.29 is 17.6 Å². The average Bonchev–Trinajstić information content (AvgIpc) is 3.08. The molecule has 2 aromatic carbocycles. The summed E-state index contributed by atoms with van der Waals surface area (Å²) in [5, 5.41) is 0.803. The third-order valence-corrected chi connectivity index (χ3v) is 6.67. The molecule has 0 N–H and O–H groups in total. The predicted octanol–water partition coefficient (Wildman–Crippen LogP) is 2.99. The molecular weight excluding hydrogens is 406 g/mol. The number of ether oxygens (including phenoxy) is 1. The Bertz CT molecular complexity index is 1400. The summed E-state index contributed by atoms with van der Waals surface area (Å²) in [6.45, 7) is 2.82. The molecule has 0 aliphatic heterocycles. The van der Waals surface area contributed by atoms with Crippen LogP contribution in [0.2, 0.25) is 0 Å². The third-order valence-electron chi connectivity index (χ3n) is 4.86. The number of sulfonamides is 1. The van der Waals surface area contributed by atoms with Crippen molar-refractivity contribution in [3.63, 3.8) is 0 Å². The maximum Gasteiger partial charge on any atom is 0.336 e. The molecule has 2 heterocycles. The quantitative estimate of drug-likeness (QED) is 0.439. The van der Waals surface area contributed by atoms with Crippen molar-refractivity contribution in [1.82, 2.24) is 13.9 Å². The molecule has 0 amide bonds. The van der Waals surface area contributed by atoms with E-state index >= 15 is 0 Å². The van der Waals surface area contributed by atoms with E-state index in [-0.39, 0.29) is 11.5 Å². The van der Waals surface area contributed by atoms with Gasteiger partial charge in [0.15, 0.2) is 0 Å². The summed E-state index contributed by atoms with van der Waals surface area (Å²) in [6.07, 6.45) is 0. The number of hydrogen-bond acceptors (Lipinski definition) is 6. The number of imidazole rings is 1. The SMILES string of the molecule is CCn1c(COc2ccc3ccc(=O)oc3c2)nc2cc(S(=O)(=O)N(C)C)ccc21. The molecule has 0 saturated carbocycles. The number of aromatic nitrogens is 2. The van der Waals surface area contributed by atoms with Crippen molar-refractivity contribution >= 4 is 32.0 Å². The van der Waals surface area contributed by atoms with E-state index in [2.05, 4.69) is 4.98 Å². The van der Waals surface area contributed by atoms with Gasteiger partial charge in [-0.05, 0) is 43.3 Å². The van der Waals surface area contributed by atoms with Crippen LogP contribution in [-0.4, -0.2) is 36.4 Å². The highest BCUT2D eigenvalue weighted by Crippen LogP contribution is 2.24. The van der Waals surface area contributed by atoms with Crippen LogP contribution in [0.25, 0.3) is 22.0 Å². The molecule has 30 heavy (non-hydrogen) atoms. The van der Waals surface area contributed by atoms with Crippen molar-refractivity contribution in [2.45, 2.75) is 25.0 Å². The molecule has 0 aliphatic carbocycles. The van der Waals surface area contributed by atoms with Gasteiger partial charge in [0, 0.05) is 38.2 Å². The average molecular weight is 427 g/mol. The van der Waals surface area contributed by atoms with E-state index in [0.29, 0.717) is 29.2 Å². The van der Waals surface area contributed by atoms with Crippen molar-refractivity contribution in [2.75, 3.05) is 14.1 Å².